The van der Waals surface area contributed by atoms with Gasteiger partial charge in [-0.2, -0.15) is 0 Å². The van der Waals surface area contributed by atoms with Gasteiger partial charge in [0.15, 0.2) is 6.61 Å². The summed E-state index contributed by atoms with van der Waals surface area (Å²) in [5.41, 5.74) is 2.27. The molecule has 1 heterocycles. The quantitative estimate of drug-likeness (QED) is 0.450. The highest BCUT2D eigenvalue weighted by Crippen LogP contribution is 2.26. The van der Waals surface area contributed by atoms with Crippen LogP contribution in [0.5, 0.6) is 5.75 Å². The average molecular weight is 407 g/mol. The summed E-state index contributed by atoms with van der Waals surface area (Å²) in [5, 5.41) is 4.31. The van der Waals surface area contributed by atoms with E-state index in [-0.39, 0.29) is 12.5 Å². The third-order valence-corrected chi connectivity index (χ3v) is 4.94. The third kappa shape index (κ3) is 6.05. The molecule has 1 aromatic heterocycles. The lowest BCUT2D eigenvalue weighted by Crippen LogP contribution is -2.25. The second-order valence-corrected chi connectivity index (χ2v) is 7.08. The summed E-state index contributed by atoms with van der Waals surface area (Å²) >= 11 is 1.43. The highest BCUT2D eigenvalue weighted by atomic mass is 32.1. The predicted molar refractivity (Wildman–Crippen MR) is 114 cm³/mol. The molecule has 5 nitrogen and oxygen atoms in total. The first-order chi connectivity index (χ1) is 14.2. The molecule has 0 fully saturated rings. The van der Waals surface area contributed by atoms with Gasteiger partial charge in [0, 0.05) is 11.9 Å². The Balaban J connectivity index is 1.78. The van der Waals surface area contributed by atoms with Crippen LogP contribution in [0.4, 0.5) is 0 Å². The second-order valence-electron chi connectivity index (χ2n) is 6.13. The molecule has 29 heavy (non-hydrogen) atoms. The van der Waals surface area contributed by atoms with Gasteiger partial charge in [-0.3, -0.25) is 4.79 Å². The number of carbonyl (C=O) groups is 2. The number of hydrogen-bond donors (Lipinski definition) is 1. The van der Waals surface area contributed by atoms with Crippen LogP contribution in [-0.4, -0.2) is 25.5 Å². The standard InChI is InChI=1S/C23H21NO4S/c1-24-22(25)16-28-23(26)20(21-11-6-12-29-21)14-18-9-5-10-19(13-18)27-15-17-7-3-2-4-8-17/h2-14H,15-16H2,1H3,(H,24,25)/b20-14+. The summed E-state index contributed by atoms with van der Waals surface area (Å²) in [6.45, 7) is 0.137. The fourth-order valence-electron chi connectivity index (χ4n) is 2.55. The lowest BCUT2D eigenvalue weighted by molar-refractivity contribution is -0.142. The molecule has 3 rings (SSSR count). The Morgan fingerprint density at radius 1 is 1.03 bits per heavy atom. The van der Waals surface area contributed by atoms with Gasteiger partial charge in [-0.15, -0.1) is 11.3 Å². The van der Waals surface area contributed by atoms with Crippen LogP contribution in [0.1, 0.15) is 16.0 Å². The largest absolute Gasteiger partial charge is 0.489 e. The lowest BCUT2D eigenvalue weighted by atomic mass is 10.1. The number of esters is 1. The minimum atomic E-state index is -0.549. The highest BCUT2D eigenvalue weighted by Gasteiger charge is 2.16. The molecule has 1 N–H and O–H groups in total. The zero-order valence-electron chi connectivity index (χ0n) is 16.0. The van der Waals surface area contributed by atoms with Gasteiger partial charge >= 0.3 is 5.97 Å². The number of thiophene rings is 1. The molecule has 0 unspecified atom stereocenters. The number of hydrogen-bond acceptors (Lipinski definition) is 5. The van der Waals surface area contributed by atoms with E-state index in [0.717, 1.165) is 16.0 Å². The van der Waals surface area contributed by atoms with E-state index in [9.17, 15) is 9.59 Å². The summed E-state index contributed by atoms with van der Waals surface area (Å²) in [6.07, 6.45) is 1.74. The topological polar surface area (TPSA) is 64.6 Å². The fourth-order valence-corrected chi connectivity index (χ4v) is 3.28. The molecule has 6 heteroatoms. The maximum absolute atomic E-state index is 12.6. The molecule has 0 aliphatic rings. The molecular weight excluding hydrogens is 386 g/mol. The summed E-state index contributed by atoms with van der Waals surface area (Å²) in [4.78, 5) is 24.7. The third-order valence-electron chi connectivity index (χ3n) is 4.04. The van der Waals surface area contributed by atoms with E-state index in [0.29, 0.717) is 17.9 Å². The van der Waals surface area contributed by atoms with Crippen molar-refractivity contribution in [3.8, 4) is 5.75 Å². The molecule has 0 atom stereocenters. The molecule has 2 aromatic carbocycles. The first-order valence-corrected chi connectivity index (χ1v) is 9.94. The van der Waals surface area contributed by atoms with Crippen LogP contribution >= 0.6 is 11.3 Å². The zero-order chi connectivity index (χ0) is 20.5. The SMILES string of the molecule is CNC(=O)COC(=O)/C(=C/c1cccc(OCc2ccccc2)c1)c1cccs1. The maximum Gasteiger partial charge on any atom is 0.340 e. The van der Waals surface area contributed by atoms with Crippen molar-refractivity contribution in [3.63, 3.8) is 0 Å². The Labute approximate surface area is 173 Å². The van der Waals surface area contributed by atoms with Gasteiger partial charge in [0.2, 0.25) is 0 Å². The van der Waals surface area contributed by atoms with Crippen LogP contribution in [0, 0.1) is 0 Å². The number of rotatable bonds is 8. The molecule has 0 saturated carbocycles. The summed E-state index contributed by atoms with van der Waals surface area (Å²) < 4.78 is 11.0. The van der Waals surface area contributed by atoms with Gasteiger partial charge in [0.05, 0.1) is 5.57 Å². The number of carbonyl (C=O) groups excluding carboxylic acids is 2. The molecule has 0 saturated heterocycles. The van der Waals surface area contributed by atoms with Gasteiger partial charge in [-0.25, -0.2) is 4.79 Å². The van der Waals surface area contributed by atoms with Crippen LogP contribution in [0.3, 0.4) is 0 Å². The van der Waals surface area contributed by atoms with Gasteiger partial charge in [-0.1, -0.05) is 48.5 Å². The Morgan fingerprint density at radius 3 is 2.59 bits per heavy atom. The number of likely N-dealkylation sites (N-methyl/N-ethyl adjacent to an activating group) is 1. The Morgan fingerprint density at radius 2 is 1.86 bits per heavy atom. The Kier molecular flexibility index (Phi) is 7.19. The number of ether oxygens (including phenoxy) is 2. The van der Waals surface area contributed by atoms with Gasteiger partial charge < -0.3 is 14.8 Å². The zero-order valence-corrected chi connectivity index (χ0v) is 16.8. The van der Waals surface area contributed by atoms with Gasteiger partial charge in [-0.05, 0) is 40.8 Å². The highest BCUT2D eigenvalue weighted by molar-refractivity contribution is 7.11. The van der Waals surface area contributed by atoms with Crippen LogP contribution in [0.15, 0.2) is 72.1 Å². The molecule has 3 aromatic rings. The Bertz CT molecular complexity index is 981. The van der Waals surface area contributed by atoms with E-state index < -0.39 is 5.97 Å². The average Bonchev–Trinajstić information content (AvgIpc) is 3.29. The number of amides is 1. The van der Waals surface area contributed by atoms with Crippen molar-refractivity contribution >= 4 is 34.9 Å². The first kappa shape index (κ1) is 20.4. The first-order valence-electron chi connectivity index (χ1n) is 9.06. The molecule has 1 amide bonds. The number of nitrogens with one attached hydrogen (secondary N) is 1. The summed E-state index contributed by atoms with van der Waals surface area (Å²) in [6, 6.07) is 21.1. The monoisotopic (exact) mass is 407 g/mol. The minimum absolute atomic E-state index is 0.321. The van der Waals surface area contributed by atoms with E-state index >= 15 is 0 Å². The minimum Gasteiger partial charge on any atom is -0.489 e. The lowest BCUT2D eigenvalue weighted by Gasteiger charge is -2.09. The van der Waals surface area contributed by atoms with Crippen molar-refractivity contribution in [3.05, 3.63) is 88.1 Å². The van der Waals surface area contributed by atoms with Crippen LogP contribution in [0.2, 0.25) is 0 Å². The van der Waals surface area contributed by atoms with Crippen molar-refractivity contribution in [2.75, 3.05) is 13.7 Å². The second kappa shape index (κ2) is 10.2. The normalized spacial score (nSPS) is 11.0. The van der Waals surface area contributed by atoms with E-state index in [1.807, 2.05) is 72.1 Å². The van der Waals surface area contributed by atoms with Gasteiger partial charge in [0.1, 0.15) is 12.4 Å². The van der Waals surface area contributed by atoms with Crippen molar-refractivity contribution in [1.29, 1.82) is 0 Å². The van der Waals surface area contributed by atoms with Crippen molar-refractivity contribution in [2.45, 2.75) is 6.61 Å². The van der Waals surface area contributed by atoms with E-state index in [4.69, 9.17) is 9.47 Å². The molecular formula is C23H21NO4S. The molecule has 0 bridgehead atoms. The smallest absolute Gasteiger partial charge is 0.340 e. The van der Waals surface area contributed by atoms with Gasteiger partial charge in [0.25, 0.3) is 5.91 Å². The van der Waals surface area contributed by atoms with Crippen molar-refractivity contribution in [2.24, 2.45) is 0 Å². The van der Waals surface area contributed by atoms with E-state index in [2.05, 4.69) is 5.32 Å². The van der Waals surface area contributed by atoms with E-state index in [1.165, 1.54) is 18.4 Å². The summed E-state index contributed by atoms with van der Waals surface area (Å²) in [5.74, 6) is -0.210. The molecule has 0 aliphatic heterocycles. The number of benzene rings is 2. The fraction of sp³-hybridized carbons (Fsp3) is 0.130. The van der Waals surface area contributed by atoms with Crippen LogP contribution in [0.25, 0.3) is 11.6 Å². The Hall–Kier alpha value is -3.38. The molecule has 0 spiro atoms. The van der Waals surface area contributed by atoms with Crippen molar-refractivity contribution in [1.82, 2.24) is 5.32 Å². The maximum atomic E-state index is 12.6. The van der Waals surface area contributed by atoms with Crippen LogP contribution < -0.4 is 10.1 Å². The van der Waals surface area contributed by atoms with Crippen LogP contribution in [-0.2, 0) is 20.9 Å². The predicted octanol–water partition coefficient (Wildman–Crippen LogP) is 4.16. The van der Waals surface area contributed by atoms with Crippen molar-refractivity contribution < 1.29 is 19.1 Å². The molecule has 148 valence electrons. The molecule has 0 radical (unpaired) electrons. The summed E-state index contributed by atoms with van der Waals surface area (Å²) in [7, 11) is 1.49. The molecule has 0 aliphatic carbocycles. The van der Waals surface area contributed by atoms with E-state index in [1.54, 1.807) is 6.08 Å².